The second-order valence-corrected chi connectivity index (χ2v) is 22.0. The lowest BCUT2D eigenvalue weighted by molar-refractivity contribution is -0.167. The third kappa shape index (κ3) is 63.3. The minimum absolute atomic E-state index is 0.0956. The highest BCUT2D eigenvalue weighted by Gasteiger charge is 2.19. The highest BCUT2D eigenvalue weighted by molar-refractivity contribution is 5.71. The van der Waals surface area contributed by atoms with Crippen LogP contribution in [0.2, 0.25) is 0 Å². The molecular weight excluding hydrogens is 949 g/mol. The van der Waals surface area contributed by atoms with Crippen LogP contribution in [0.1, 0.15) is 329 Å². The zero-order valence-corrected chi connectivity index (χ0v) is 51.0. The Kier molecular flexibility index (Phi) is 62.2. The molecule has 0 bridgehead atoms. The predicted octanol–water partition coefficient (Wildman–Crippen LogP) is 22.7. The van der Waals surface area contributed by atoms with E-state index in [9.17, 15) is 14.4 Å². The van der Waals surface area contributed by atoms with Crippen molar-refractivity contribution in [2.24, 2.45) is 0 Å². The predicted molar refractivity (Wildman–Crippen MR) is 334 cm³/mol. The van der Waals surface area contributed by atoms with Gasteiger partial charge in [0.05, 0.1) is 0 Å². The maximum atomic E-state index is 12.8. The molecule has 6 heteroatoms. The smallest absolute Gasteiger partial charge is 0.306 e. The molecule has 0 N–H and O–H groups in total. The zero-order valence-electron chi connectivity index (χ0n) is 51.0. The summed E-state index contributed by atoms with van der Waals surface area (Å²) < 4.78 is 16.8. The Bertz CT molecular complexity index is 1470. The van der Waals surface area contributed by atoms with Crippen LogP contribution in [0.3, 0.4) is 0 Å². The lowest BCUT2D eigenvalue weighted by atomic mass is 10.0. The van der Waals surface area contributed by atoms with E-state index in [2.05, 4.69) is 106 Å². The summed E-state index contributed by atoms with van der Waals surface area (Å²) in [5, 5.41) is 0. The van der Waals surface area contributed by atoms with Crippen LogP contribution in [0, 0.1) is 0 Å². The van der Waals surface area contributed by atoms with Crippen molar-refractivity contribution in [3.8, 4) is 0 Å². The molecule has 1 unspecified atom stereocenters. The highest BCUT2D eigenvalue weighted by atomic mass is 16.6. The number of hydrogen-bond donors (Lipinski definition) is 0. The van der Waals surface area contributed by atoms with Gasteiger partial charge in [-0.3, -0.25) is 14.4 Å². The van der Waals surface area contributed by atoms with E-state index >= 15 is 0 Å². The Hall–Kier alpha value is -3.41. The summed E-state index contributed by atoms with van der Waals surface area (Å²) in [6, 6.07) is 0. The fourth-order valence-corrected chi connectivity index (χ4v) is 9.45. The number of allylic oxidation sites excluding steroid dienone is 14. The Morgan fingerprint density at radius 3 is 0.831 bits per heavy atom. The van der Waals surface area contributed by atoms with Crippen molar-refractivity contribution in [2.45, 2.75) is 335 Å². The number of ether oxygens (including phenoxy) is 3. The van der Waals surface area contributed by atoms with Gasteiger partial charge in [-0.1, -0.05) is 305 Å². The fraction of sp³-hybridized carbons (Fsp3) is 0.761. The monoisotopic (exact) mass is 1070 g/mol. The molecular formula is C71H124O6. The van der Waals surface area contributed by atoms with Crippen LogP contribution in [0.25, 0.3) is 0 Å². The van der Waals surface area contributed by atoms with Crippen molar-refractivity contribution in [3.63, 3.8) is 0 Å². The molecule has 0 aliphatic rings. The third-order valence-corrected chi connectivity index (χ3v) is 14.4. The van der Waals surface area contributed by atoms with Crippen LogP contribution >= 0.6 is 0 Å². The summed E-state index contributed by atoms with van der Waals surface area (Å²) in [5.74, 6) is -0.951. The number of hydrogen-bond acceptors (Lipinski definition) is 6. The zero-order chi connectivity index (χ0) is 55.7. The van der Waals surface area contributed by atoms with E-state index in [0.717, 1.165) is 83.5 Å². The first-order chi connectivity index (χ1) is 38.0. The first kappa shape index (κ1) is 73.6. The van der Waals surface area contributed by atoms with E-state index in [1.54, 1.807) is 0 Å². The standard InChI is InChI=1S/C71H124O6/c1-4-7-10-13-16-18-20-22-24-26-27-28-29-30-31-32-33-34-35-36-37-38-39-40-41-42-43-45-46-48-50-52-55-58-61-64-70(73)76-67-68(66-75-69(72)63-60-57-54-15-12-9-6-3)77-71(74)65-62-59-56-53-51-49-47-44-25-23-21-19-17-14-11-8-5-2/h8,11,17,19-20,22-23,25-27,47,49,53,56,68H,4-7,9-10,12-16,18,21,24,28-46,48,50-52,54-55,57-67H2,1-3H3/b11-8-,19-17-,22-20-,25-23-,27-26-,49-47-,56-53-. The lowest BCUT2D eigenvalue weighted by Crippen LogP contribution is -2.30. The van der Waals surface area contributed by atoms with E-state index in [0.29, 0.717) is 19.3 Å². The summed E-state index contributed by atoms with van der Waals surface area (Å²) in [4.78, 5) is 38.0. The Morgan fingerprint density at radius 2 is 0.519 bits per heavy atom. The minimum Gasteiger partial charge on any atom is -0.462 e. The van der Waals surface area contributed by atoms with Gasteiger partial charge in [0.1, 0.15) is 13.2 Å². The number of carbonyl (C=O) groups excluding carboxylic acids is 3. The Morgan fingerprint density at radius 1 is 0.273 bits per heavy atom. The molecule has 0 amide bonds. The molecule has 0 aliphatic heterocycles. The molecule has 77 heavy (non-hydrogen) atoms. The van der Waals surface area contributed by atoms with Crippen LogP contribution in [0.4, 0.5) is 0 Å². The molecule has 0 radical (unpaired) electrons. The quantitative estimate of drug-likeness (QED) is 0.0261. The number of rotatable bonds is 60. The van der Waals surface area contributed by atoms with E-state index in [-0.39, 0.29) is 37.5 Å². The van der Waals surface area contributed by atoms with Gasteiger partial charge in [-0.15, -0.1) is 0 Å². The molecule has 0 aliphatic carbocycles. The third-order valence-electron chi connectivity index (χ3n) is 14.4. The second kappa shape index (κ2) is 65.1. The summed E-state index contributed by atoms with van der Waals surface area (Å²) >= 11 is 0. The Labute approximate surface area is 477 Å². The van der Waals surface area contributed by atoms with E-state index < -0.39 is 6.10 Å². The highest BCUT2D eigenvalue weighted by Crippen LogP contribution is 2.17. The van der Waals surface area contributed by atoms with Gasteiger partial charge in [0.2, 0.25) is 0 Å². The molecule has 0 rings (SSSR count). The first-order valence-electron chi connectivity index (χ1n) is 33.1. The molecule has 0 spiro atoms. The molecule has 0 aromatic carbocycles. The number of esters is 3. The first-order valence-corrected chi connectivity index (χ1v) is 33.1. The summed E-state index contributed by atoms with van der Waals surface area (Å²) in [6.45, 7) is 6.45. The van der Waals surface area contributed by atoms with Gasteiger partial charge >= 0.3 is 17.9 Å². The topological polar surface area (TPSA) is 78.9 Å². The van der Waals surface area contributed by atoms with E-state index in [1.165, 1.54) is 199 Å². The Balaban J connectivity index is 4.00. The molecule has 6 nitrogen and oxygen atoms in total. The van der Waals surface area contributed by atoms with Gasteiger partial charge in [0, 0.05) is 19.3 Å². The van der Waals surface area contributed by atoms with Crippen LogP contribution in [-0.4, -0.2) is 37.2 Å². The maximum Gasteiger partial charge on any atom is 0.306 e. The van der Waals surface area contributed by atoms with Gasteiger partial charge in [-0.25, -0.2) is 0 Å². The van der Waals surface area contributed by atoms with Gasteiger partial charge in [0.25, 0.3) is 0 Å². The summed E-state index contributed by atoms with van der Waals surface area (Å²) in [6.07, 6.45) is 86.6. The summed E-state index contributed by atoms with van der Waals surface area (Å²) in [5.41, 5.74) is 0. The molecule has 0 saturated carbocycles. The molecule has 0 aromatic heterocycles. The maximum absolute atomic E-state index is 12.8. The van der Waals surface area contributed by atoms with Gasteiger partial charge in [-0.2, -0.15) is 0 Å². The van der Waals surface area contributed by atoms with E-state index in [4.69, 9.17) is 14.2 Å². The average Bonchev–Trinajstić information content (AvgIpc) is 3.43. The van der Waals surface area contributed by atoms with Gasteiger partial charge in [0.15, 0.2) is 6.10 Å². The van der Waals surface area contributed by atoms with Crippen molar-refractivity contribution in [3.05, 3.63) is 85.1 Å². The molecule has 0 aromatic rings. The van der Waals surface area contributed by atoms with Crippen LogP contribution < -0.4 is 0 Å². The van der Waals surface area contributed by atoms with Gasteiger partial charge in [-0.05, 0) is 89.9 Å². The van der Waals surface area contributed by atoms with Crippen molar-refractivity contribution in [1.29, 1.82) is 0 Å². The summed E-state index contributed by atoms with van der Waals surface area (Å²) in [7, 11) is 0. The van der Waals surface area contributed by atoms with Crippen LogP contribution in [0.5, 0.6) is 0 Å². The lowest BCUT2D eigenvalue weighted by Gasteiger charge is -2.18. The van der Waals surface area contributed by atoms with Gasteiger partial charge < -0.3 is 14.2 Å². The molecule has 0 fully saturated rings. The average molecular weight is 1070 g/mol. The minimum atomic E-state index is -0.802. The number of carbonyl (C=O) groups is 3. The SMILES string of the molecule is CC/C=C\C/C=C\C/C=C\C/C=C\C/C=C\CCCC(=O)OC(COC(=O)CCCCCCCCC)COC(=O)CCCCCCCCCCCCCCCCCCCCCCCCC/C=C\C/C=C\CCCCCCC. The van der Waals surface area contributed by atoms with Crippen LogP contribution in [0.15, 0.2) is 85.1 Å². The van der Waals surface area contributed by atoms with Crippen molar-refractivity contribution in [1.82, 2.24) is 0 Å². The molecule has 0 saturated heterocycles. The second-order valence-electron chi connectivity index (χ2n) is 22.0. The largest absolute Gasteiger partial charge is 0.462 e. The fourth-order valence-electron chi connectivity index (χ4n) is 9.45. The molecule has 1 atom stereocenters. The normalized spacial score (nSPS) is 12.6. The van der Waals surface area contributed by atoms with Crippen molar-refractivity contribution in [2.75, 3.05) is 13.2 Å². The van der Waals surface area contributed by atoms with Crippen LogP contribution in [-0.2, 0) is 28.6 Å². The van der Waals surface area contributed by atoms with Crippen molar-refractivity contribution < 1.29 is 28.6 Å². The van der Waals surface area contributed by atoms with E-state index in [1.807, 2.05) is 0 Å². The molecule has 444 valence electrons. The number of unbranched alkanes of at least 4 members (excludes halogenated alkanes) is 35. The molecule has 0 heterocycles. The van der Waals surface area contributed by atoms with Crippen molar-refractivity contribution >= 4 is 17.9 Å².